The number of hydrazine groups is 1. The number of hydrogen-bond donors (Lipinski definition) is 2. The maximum absolute atomic E-state index is 12.4. The fourth-order valence-electron chi connectivity index (χ4n) is 8.89. The van der Waals surface area contributed by atoms with Crippen molar-refractivity contribution in [1.29, 1.82) is 0 Å². The minimum Gasteiger partial charge on any atom is -0.396 e. The molecule has 4 saturated carbocycles. The van der Waals surface area contributed by atoms with Gasteiger partial charge in [-0.3, -0.25) is 4.79 Å². The van der Waals surface area contributed by atoms with E-state index in [1.807, 2.05) is 4.68 Å². The van der Waals surface area contributed by atoms with E-state index >= 15 is 0 Å². The summed E-state index contributed by atoms with van der Waals surface area (Å²) >= 11 is 0. The van der Waals surface area contributed by atoms with Crippen molar-refractivity contribution in [1.82, 2.24) is 0 Å². The number of ketones is 1. The first kappa shape index (κ1) is 17.2. The highest BCUT2D eigenvalue weighted by Crippen LogP contribution is 2.70. The Kier molecular flexibility index (Phi) is 3.39. The van der Waals surface area contributed by atoms with E-state index in [-0.39, 0.29) is 11.0 Å². The van der Waals surface area contributed by atoms with Crippen molar-refractivity contribution in [3.05, 3.63) is 0 Å². The van der Waals surface area contributed by atoms with Crippen molar-refractivity contribution >= 4 is 11.5 Å². The highest BCUT2D eigenvalue weighted by molar-refractivity contribution is 6.45. The molecule has 0 aromatic carbocycles. The van der Waals surface area contributed by atoms with Crippen molar-refractivity contribution in [3.63, 3.8) is 0 Å². The number of rotatable bonds is 2. The van der Waals surface area contributed by atoms with Crippen molar-refractivity contribution < 1.29 is 14.6 Å². The third-order valence-corrected chi connectivity index (χ3v) is 10.2. The quantitative estimate of drug-likeness (QED) is 0.588. The first-order chi connectivity index (χ1) is 12.3. The Morgan fingerprint density at radius 3 is 2.65 bits per heavy atom. The number of hydrogen-bond acceptors (Lipinski definition) is 3. The van der Waals surface area contributed by atoms with Gasteiger partial charge in [0.25, 0.3) is 5.54 Å². The van der Waals surface area contributed by atoms with Crippen LogP contribution in [0.4, 0.5) is 0 Å². The summed E-state index contributed by atoms with van der Waals surface area (Å²) in [4.78, 5) is 12.4. The van der Waals surface area contributed by atoms with E-state index in [9.17, 15) is 9.90 Å². The Morgan fingerprint density at radius 2 is 1.92 bits per heavy atom. The van der Waals surface area contributed by atoms with Crippen LogP contribution in [0.3, 0.4) is 0 Å². The molecule has 26 heavy (non-hydrogen) atoms. The number of Topliss-reactive ketones (excluding diaryl/α,β-unsaturated/α-hetero) is 1. The minimum atomic E-state index is -0.104. The summed E-state index contributed by atoms with van der Waals surface area (Å²) in [5.41, 5.74) is 1.42. The Labute approximate surface area is 157 Å². The van der Waals surface area contributed by atoms with Gasteiger partial charge in [-0.15, -0.1) is 0 Å². The Bertz CT molecular complexity index is 702. The molecular formula is C22H35N2O2+. The second kappa shape index (κ2) is 5.12. The van der Waals surface area contributed by atoms with Crippen LogP contribution in [0.15, 0.2) is 0 Å². The molecule has 4 aliphatic carbocycles. The zero-order valence-corrected chi connectivity index (χ0v) is 16.6. The van der Waals surface area contributed by atoms with Crippen molar-refractivity contribution in [2.45, 2.75) is 77.7 Å². The van der Waals surface area contributed by atoms with E-state index in [0.717, 1.165) is 30.4 Å². The third kappa shape index (κ3) is 1.72. The maximum atomic E-state index is 12.4. The molecule has 5 aliphatic rings. The van der Waals surface area contributed by atoms with Gasteiger partial charge in [0.15, 0.2) is 0 Å². The Hall–Kier alpha value is -0.900. The average Bonchev–Trinajstić information content (AvgIpc) is 3.07. The van der Waals surface area contributed by atoms with Crippen LogP contribution in [0.25, 0.3) is 0 Å². The summed E-state index contributed by atoms with van der Waals surface area (Å²) in [7, 11) is 0. The lowest BCUT2D eigenvalue weighted by molar-refractivity contribution is -0.543. The van der Waals surface area contributed by atoms with Crippen molar-refractivity contribution in [2.75, 3.05) is 6.61 Å². The van der Waals surface area contributed by atoms with Gasteiger partial charge in [-0.05, 0) is 73.5 Å². The molecule has 144 valence electrons. The number of aliphatic hydroxyl groups excluding tert-OH is 1. The number of hydrazone groups is 1. The second-order valence-corrected chi connectivity index (χ2v) is 10.7. The molecule has 0 saturated heterocycles. The predicted octanol–water partition coefficient (Wildman–Crippen LogP) is 2.92. The molecule has 4 heteroatoms. The molecule has 0 bridgehead atoms. The predicted molar refractivity (Wildman–Crippen MR) is 101 cm³/mol. The number of aliphatic hydroxyl groups is 1. The summed E-state index contributed by atoms with van der Waals surface area (Å²) in [6.07, 6.45) is 9.19. The molecule has 1 spiro atoms. The van der Waals surface area contributed by atoms with Crippen molar-refractivity contribution in [3.8, 4) is 0 Å². The van der Waals surface area contributed by atoms with Gasteiger partial charge >= 0.3 is 5.71 Å². The molecule has 0 aromatic rings. The van der Waals surface area contributed by atoms with E-state index in [1.165, 1.54) is 32.1 Å². The summed E-state index contributed by atoms with van der Waals surface area (Å²) in [5, 5.41) is 9.77. The Balaban J connectivity index is 1.47. The molecule has 0 amide bonds. The normalized spacial score (nSPS) is 53.5. The monoisotopic (exact) mass is 359 g/mol. The molecule has 4 nitrogen and oxygen atoms in total. The summed E-state index contributed by atoms with van der Waals surface area (Å²) in [5.74, 6) is 10.0. The van der Waals surface area contributed by atoms with Crippen LogP contribution < -0.4 is 5.84 Å². The molecule has 1 unspecified atom stereocenters. The standard InChI is InChI=1S/C22H34N2O2/c1-13(12-25)15-4-5-16-14-6-11-22-19(24(22)23)18(26)8-10-21(22,3)17(14)7-9-20(15,16)2/h13-17,25H,4-12H2,1-3H3,(H-,23,26)/p+1/t13-,14-,15+,16-,17-,20+,21+,22?/m0/s1. The molecule has 5 rings (SSSR count). The average molecular weight is 360 g/mol. The van der Waals surface area contributed by atoms with Crippen LogP contribution >= 0.6 is 0 Å². The largest absolute Gasteiger partial charge is 0.396 e. The fourth-order valence-corrected chi connectivity index (χ4v) is 8.89. The van der Waals surface area contributed by atoms with Crippen LogP contribution in [0.2, 0.25) is 0 Å². The second-order valence-electron chi connectivity index (χ2n) is 10.7. The lowest BCUT2D eigenvalue weighted by Gasteiger charge is -2.58. The van der Waals surface area contributed by atoms with Gasteiger partial charge < -0.3 is 5.11 Å². The first-order valence-corrected chi connectivity index (χ1v) is 10.9. The SMILES string of the molecule is C[C@@H](CO)[C@H]1CC[C@H]2[C@@H]3CCC45C(=[N+]4N)C(=O)CC[C@]5(C)[C@H]3CC[C@]12C. The lowest BCUT2D eigenvalue weighted by atomic mass is 9.43. The number of nitrogens with zero attached hydrogens (tertiary/aromatic N) is 1. The topological polar surface area (TPSA) is 66.3 Å². The van der Waals surface area contributed by atoms with Crippen LogP contribution in [-0.2, 0) is 4.79 Å². The molecule has 8 atom stereocenters. The maximum Gasteiger partial charge on any atom is 0.323 e. The molecule has 3 N–H and O–H groups in total. The van der Waals surface area contributed by atoms with Crippen LogP contribution in [-0.4, -0.2) is 33.4 Å². The van der Waals surface area contributed by atoms with Gasteiger partial charge in [0.2, 0.25) is 5.78 Å². The summed E-state index contributed by atoms with van der Waals surface area (Å²) in [6, 6.07) is 0. The number of carbonyl (C=O) groups excluding carboxylic acids is 1. The lowest BCUT2D eigenvalue weighted by Crippen LogP contribution is -2.61. The van der Waals surface area contributed by atoms with E-state index in [2.05, 4.69) is 20.8 Å². The van der Waals surface area contributed by atoms with Gasteiger partial charge in [0.1, 0.15) is 0 Å². The van der Waals surface area contributed by atoms with Crippen LogP contribution in [0, 0.1) is 40.4 Å². The highest BCUT2D eigenvalue weighted by atomic mass is 16.3. The van der Waals surface area contributed by atoms with Gasteiger partial charge in [0, 0.05) is 24.9 Å². The zero-order chi connectivity index (χ0) is 18.5. The molecular weight excluding hydrogens is 324 g/mol. The molecule has 0 radical (unpaired) electrons. The first-order valence-electron chi connectivity index (χ1n) is 10.9. The molecule has 1 heterocycles. The van der Waals surface area contributed by atoms with Gasteiger partial charge in [0.05, 0.1) is 0 Å². The van der Waals surface area contributed by atoms with E-state index in [0.29, 0.717) is 42.0 Å². The van der Waals surface area contributed by atoms with Crippen LogP contribution in [0.1, 0.15) is 72.1 Å². The summed E-state index contributed by atoms with van der Waals surface area (Å²) in [6.45, 7) is 7.55. The molecule has 1 aliphatic heterocycles. The van der Waals surface area contributed by atoms with Crippen LogP contribution in [0.5, 0.6) is 0 Å². The van der Waals surface area contributed by atoms with E-state index < -0.39 is 0 Å². The smallest absolute Gasteiger partial charge is 0.323 e. The third-order valence-electron chi connectivity index (χ3n) is 10.2. The molecule has 4 fully saturated rings. The zero-order valence-electron chi connectivity index (χ0n) is 16.6. The van der Waals surface area contributed by atoms with E-state index in [1.54, 1.807) is 0 Å². The number of nitrogens with two attached hydrogens (primary N) is 1. The minimum absolute atomic E-state index is 0.104. The number of fused-ring (bicyclic) bond motifs is 4. The Morgan fingerprint density at radius 1 is 1.15 bits per heavy atom. The highest BCUT2D eigenvalue weighted by Gasteiger charge is 2.83. The van der Waals surface area contributed by atoms with Gasteiger partial charge in [-0.1, -0.05) is 25.5 Å². The fraction of sp³-hybridized carbons (Fsp3) is 0.909. The van der Waals surface area contributed by atoms with Crippen molar-refractivity contribution in [2.24, 2.45) is 46.3 Å². The van der Waals surface area contributed by atoms with E-state index in [4.69, 9.17) is 5.84 Å². The van der Waals surface area contributed by atoms with Gasteiger partial charge in [-0.2, -0.15) is 0 Å². The van der Waals surface area contributed by atoms with Gasteiger partial charge in [-0.25, -0.2) is 5.84 Å². The number of carbonyl (C=O) groups is 1. The summed E-state index contributed by atoms with van der Waals surface area (Å²) < 4.78 is 1.87. The molecule has 0 aromatic heterocycles.